The first-order valence-electron chi connectivity index (χ1n) is 12.5. The monoisotopic (exact) mass is 527 g/mol. The van der Waals surface area contributed by atoms with Crippen molar-refractivity contribution in [1.82, 2.24) is 14.5 Å². The number of ketones is 1. The minimum Gasteiger partial charge on any atom is -0.410 e. The van der Waals surface area contributed by atoms with Crippen LogP contribution in [0.5, 0.6) is 0 Å². The Bertz CT molecular complexity index is 1360. The quantitative estimate of drug-likeness (QED) is 0.176. The highest BCUT2D eigenvalue weighted by molar-refractivity contribution is 6.74. The van der Waals surface area contributed by atoms with Gasteiger partial charge in [0.05, 0.1) is 17.7 Å². The zero-order valence-corrected chi connectivity index (χ0v) is 24.7. The lowest BCUT2D eigenvalue weighted by atomic mass is 10.00. The number of aryl methyl sites for hydroxylation is 1. The average molecular weight is 528 g/mol. The van der Waals surface area contributed by atoms with Crippen LogP contribution in [0.3, 0.4) is 0 Å². The molecule has 194 valence electrons. The average Bonchev–Trinajstić information content (AvgIpc) is 2.74. The van der Waals surface area contributed by atoms with E-state index in [1.54, 1.807) is 29.1 Å². The number of rotatable bonds is 8. The molecule has 0 bridgehead atoms. The van der Waals surface area contributed by atoms with Crippen LogP contribution in [0.1, 0.15) is 70.4 Å². The van der Waals surface area contributed by atoms with E-state index in [-0.39, 0.29) is 16.4 Å². The standard InChI is InChI=1S/C28H38ClN3O3Si/c1-10-11-24(33)22-12-18(2)21(16-30-22)20-13-19-15-31-25(29)14-23(19)32(26(20)34)17-28(6,7)35-36(8,9)27(3,4)5/h12-16H,10-11,17H2,1-9H3. The fourth-order valence-corrected chi connectivity index (χ4v) is 6.10. The van der Waals surface area contributed by atoms with Crippen molar-refractivity contribution >= 4 is 36.6 Å². The van der Waals surface area contributed by atoms with E-state index in [2.05, 4.69) is 43.8 Å². The summed E-state index contributed by atoms with van der Waals surface area (Å²) >= 11 is 6.24. The van der Waals surface area contributed by atoms with Gasteiger partial charge in [0.15, 0.2) is 14.1 Å². The number of nitrogens with zero attached hydrogens (tertiary/aromatic N) is 3. The van der Waals surface area contributed by atoms with Crippen LogP contribution >= 0.6 is 11.6 Å². The van der Waals surface area contributed by atoms with E-state index in [1.807, 2.05) is 33.8 Å². The van der Waals surface area contributed by atoms with E-state index in [0.29, 0.717) is 40.5 Å². The topological polar surface area (TPSA) is 74.1 Å². The Balaban J connectivity index is 2.16. The predicted molar refractivity (Wildman–Crippen MR) is 151 cm³/mol. The molecular formula is C28H38ClN3O3Si. The van der Waals surface area contributed by atoms with Gasteiger partial charge in [0, 0.05) is 35.3 Å². The highest BCUT2D eigenvalue weighted by Crippen LogP contribution is 2.39. The highest BCUT2D eigenvalue weighted by atomic mass is 35.5. The molecule has 0 atom stereocenters. The molecule has 3 heterocycles. The first-order valence-corrected chi connectivity index (χ1v) is 15.7. The minimum absolute atomic E-state index is 0.00597. The van der Waals surface area contributed by atoms with Gasteiger partial charge >= 0.3 is 0 Å². The number of carbonyl (C=O) groups excluding carboxylic acids is 1. The molecule has 8 heteroatoms. The zero-order chi connectivity index (χ0) is 27.1. The van der Waals surface area contributed by atoms with Crippen LogP contribution < -0.4 is 5.56 Å². The molecule has 36 heavy (non-hydrogen) atoms. The normalized spacial score (nSPS) is 12.8. The molecule has 0 aromatic carbocycles. The van der Waals surface area contributed by atoms with Gasteiger partial charge in [-0.2, -0.15) is 0 Å². The maximum Gasteiger partial charge on any atom is 0.259 e. The summed E-state index contributed by atoms with van der Waals surface area (Å²) in [6, 6.07) is 5.32. The van der Waals surface area contributed by atoms with Crippen LogP contribution in [0, 0.1) is 6.92 Å². The van der Waals surface area contributed by atoms with E-state index in [4.69, 9.17) is 16.0 Å². The van der Waals surface area contributed by atoms with E-state index in [0.717, 1.165) is 17.4 Å². The lowest BCUT2D eigenvalue weighted by Gasteiger charge is -2.43. The molecule has 3 aromatic heterocycles. The summed E-state index contributed by atoms with van der Waals surface area (Å²) in [5.74, 6) is 0.00597. The number of hydrogen-bond donors (Lipinski definition) is 0. The van der Waals surface area contributed by atoms with Crippen LogP contribution in [0.25, 0.3) is 22.0 Å². The van der Waals surface area contributed by atoms with Gasteiger partial charge in [-0.15, -0.1) is 0 Å². The van der Waals surface area contributed by atoms with Crippen molar-refractivity contribution in [2.45, 2.75) is 91.6 Å². The first-order chi connectivity index (χ1) is 16.6. The van der Waals surface area contributed by atoms with Crippen molar-refractivity contribution in [2.24, 2.45) is 0 Å². The molecule has 0 fully saturated rings. The molecule has 0 saturated heterocycles. The second-order valence-electron chi connectivity index (χ2n) is 11.7. The molecule has 0 saturated carbocycles. The maximum atomic E-state index is 14.0. The molecule has 0 unspecified atom stereocenters. The maximum absolute atomic E-state index is 14.0. The summed E-state index contributed by atoms with van der Waals surface area (Å²) in [5, 5.41) is 1.15. The van der Waals surface area contributed by atoms with Crippen LogP contribution in [0.4, 0.5) is 0 Å². The molecule has 3 aromatic rings. The number of carbonyl (C=O) groups is 1. The molecule has 0 aliphatic carbocycles. The highest BCUT2D eigenvalue weighted by Gasteiger charge is 2.41. The number of Topliss-reactive ketones (excluding diaryl/α,β-unsaturated/α-hetero) is 1. The molecule has 0 spiro atoms. The van der Waals surface area contributed by atoms with Gasteiger partial charge in [0.25, 0.3) is 5.56 Å². The Kier molecular flexibility index (Phi) is 7.99. The third-order valence-electron chi connectivity index (χ3n) is 6.98. The number of halogens is 1. The van der Waals surface area contributed by atoms with E-state index >= 15 is 0 Å². The van der Waals surface area contributed by atoms with Gasteiger partial charge in [0.1, 0.15) is 10.8 Å². The Morgan fingerprint density at radius 2 is 1.72 bits per heavy atom. The molecule has 0 aliphatic heterocycles. The molecule has 0 aliphatic rings. The van der Waals surface area contributed by atoms with Crippen molar-refractivity contribution < 1.29 is 9.22 Å². The molecule has 0 N–H and O–H groups in total. The molecule has 0 radical (unpaired) electrons. The Morgan fingerprint density at radius 1 is 1.06 bits per heavy atom. The first kappa shape index (κ1) is 28.2. The van der Waals surface area contributed by atoms with Crippen LogP contribution in [-0.4, -0.2) is 34.2 Å². The van der Waals surface area contributed by atoms with E-state index in [9.17, 15) is 9.59 Å². The van der Waals surface area contributed by atoms with Crippen molar-refractivity contribution in [3.63, 3.8) is 0 Å². The third kappa shape index (κ3) is 5.96. The van der Waals surface area contributed by atoms with Gasteiger partial charge in [-0.1, -0.05) is 39.3 Å². The smallest absolute Gasteiger partial charge is 0.259 e. The van der Waals surface area contributed by atoms with Crippen LogP contribution in [-0.2, 0) is 11.0 Å². The minimum atomic E-state index is -2.10. The number of aromatic nitrogens is 3. The fraction of sp³-hybridized carbons (Fsp3) is 0.500. The summed E-state index contributed by atoms with van der Waals surface area (Å²) in [6.07, 6.45) is 4.52. The largest absolute Gasteiger partial charge is 0.410 e. The summed E-state index contributed by atoms with van der Waals surface area (Å²) in [6.45, 7) is 19.3. The van der Waals surface area contributed by atoms with Gasteiger partial charge < -0.3 is 8.99 Å². The zero-order valence-electron chi connectivity index (χ0n) is 23.0. The fourth-order valence-electron chi connectivity index (χ4n) is 4.20. The van der Waals surface area contributed by atoms with Gasteiger partial charge in [0.2, 0.25) is 0 Å². The van der Waals surface area contributed by atoms with Crippen molar-refractivity contribution in [1.29, 1.82) is 0 Å². The van der Waals surface area contributed by atoms with E-state index in [1.165, 1.54) is 0 Å². The Morgan fingerprint density at radius 3 is 2.31 bits per heavy atom. The van der Waals surface area contributed by atoms with Crippen molar-refractivity contribution in [2.75, 3.05) is 0 Å². The summed E-state index contributed by atoms with van der Waals surface area (Å²) in [5.41, 5.74) is 2.40. The van der Waals surface area contributed by atoms with Crippen molar-refractivity contribution in [3.8, 4) is 11.1 Å². The number of hydrogen-bond acceptors (Lipinski definition) is 5. The van der Waals surface area contributed by atoms with Gasteiger partial charge in [-0.25, -0.2) is 4.98 Å². The molecular weight excluding hydrogens is 490 g/mol. The van der Waals surface area contributed by atoms with Gasteiger partial charge in [-0.05, 0) is 69.1 Å². The van der Waals surface area contributed by atoms with Crippen molar-refractivity contribution in [3.05, 3.63) is 57.4 Å². The second-order valence-corrected chi connectivity index (χ2v) is 16.8. The van der Waals surface area contributed by atoms with Crippen LogP contribution in [0.15, 0.2) is 35.4 Å². The Labute approximate surface area is 220 Å². The SMILES string of the molecule is CCCC(=O)c1cc(C)c(-c2cc3cnc(Cl)cc3n(CC(C)(C)O[Si](C)(C)C(C)(C)C)c2=O)cn1. The lowest BCUT2D eigenvalue weighted by Crippen LogP contribution is -2.49. The number of pyridine rings is 3. The third-order valence-corrected chi connectivity index (χ3v) is 11.9. The summed E-state index contributed by atoms with van der Waals surface area (Å²) < 4.78 is 8.48. The predicted octanol–water partition coefficient (Wildman–Crippen LogP) is 7.20. The van der Waals surface area contributed by atoms with E-state index < -0.39 is 13.9 Å². The molecule has 0 amide bonds. The summed E-state index contributed by atoms with van der Waals surface area (Å²) in [7, 11) is -2.10. The van der Waals surface area contributed by atoms with Crippen LogP contribution in [0.2, 0.25) is 23.3 Å². The lowest BCUT2D eigenvalue weighted by molar-refractivity contribution is 0.0733. The Hall–Kier alpha value is -2.35. The molecule has 6 nitrogen and oxygen atoms in total. The second kappa shape index (κ2) is 10.2. The molecule has 3 rings (SSSR count). The van der Waals surface area contributed by atoms with Gasteiger partial charge in [-0.3, -0.25) is 14.6 Å². The summed E-state index contributed by atoms with van der Waals surface area (Å²) in [4.78, 5) is 35.0. The number of fused-ring (bicyclic) bond motifs is 1.